The van der Waals surface area contributed by atoms with E-state index in [1.165, 1.54) is 16.9 Å². The van der Waals surface area contributed by atoms with Gasteiger partial charge in [0.2, 0.25) is 5.91 Å². The highest BCUT2D eigenvalue weighted by molar-refractivity contribution is 7.09. The van der Waals surface area contributed by atoms with Crippen molar-refractivity contribution in [3.05, 3.63) is 45.9 Å². The fourth-order valence-corrected chi connectivity index (χ4v) is 2.54. The van der Waals surface area contributed by atoms with Crippen LogP contribution < -0.4 is 15.4 Å². The Hall–Kier alpha value is -2.41. The van der Waals surface area contributed by atoms with E-state index in [0.717, 1.165) is 10.8 Å². The minimum absolute atomic E-state index is 0.0338. The van der Waals surface area contributed by atoms with Crippen molar-refractivity contribution in [2.24, 2.45) is 0 Å². The molecule has 1 aromatic carbocycles. The van der Waals surface area contributed by atoms with E-state index in [1.54, 1.807) is 12.3 Å². The molecule has 1 aromatic heterocycles. The molecule has 24 heavy (non-hydrogen) atoms. The summed E-state index contributed by atoms with van der Waals surface area (Å²) in [7, 11) is 0. The molecule has 0 aliphatic carbocycles. The lowest BCUT2D eigenvalue weighted by Gasteiger charge is -2.05. The van der Waals surface area contributed by atoms with Crippen LogP contribution in [0.5, 0.6) is 5.75 Å². The van der Waals surface area contributed by atoms with E-state index in [0.29, 0.717) is 31.8 Å². The van der Waals surface area contributed by atoms with Crippen LogP contribution in [0.25, 0.3) is 0 Å². The first kappa shape index (κ1) is 17.9. The van der Waals surface area contributed by atoms with Crippen molar-refractivity contribution in [3.63, 3.8) is 0 Å². The zero-order valence-corrected chi connectivity index (χ0v) is 14.6. The van der Waals surface area contributed by atoms with Crippen molar-refractivity contribution < 1.29 is 14.3 Å². The summed E-state index contributed by atoms with van der Waals surface area (Å²) >= 11 is 1.38. The summed E-state index contributed by atoms with van der Waals surface area (Å²) in [6, 6.07) is 7.77. The van der Waals surface area contributed by atoms with E-state index in [2.05, 4.69) is 15.6 Å². The number of nitrogens with one attached hydrogen (secondary N) is 2. The molecular weight excluding hydrogens is 326 g/mol. The van der Waals surface area contributed by atoms with Crippen molar-refractivity contribution in [3.8, 4) is 5.75 Å². The molecule has 0 bridgehead atoms. The predicted molar refractivity (Wildman–Crippen MR) is 93.3 cm³/mol. The largest absolute Gasteiger partial charge is 0.486 e. The first-order chi connectivity index (χ1) is 11.6. The van der Waals surface area contributed by atoms with Crippen molar-refractivity contribution in [1.29, 1.82) is 0 Å². The quantitative estimate of drug-likeness (QED) is 0.718. The van der Waals surface area contributed by atoms with Gasteiger partial charge in [-0.1, -0.05) is 24.6 Å². The second-order valence-electron chi connectivity index (χ2n) is 5.19. The van der Waals surface area contributed by atoms with Crippen molar-refractivity contribution in [2.75, 3.05) is 13.1 Å². The molecule has 0 radical (unpaired) electrons. The zero-order valence-electron chi connectivity index (χ0n) is 13.8. The van der Waals surface area contributed by atoms with Crippen LogP contribution in [0.15, 0.2) is 29.6 Å². The smallest absolute Gasteiger partial charge is 0.270 e. The number of carbonyl (C=O) groups excluding carboxylic acids is 2. The van der Waals surface area contributed by atoms with Gasteiger partial charge in [0.05, 0.1) is 0 Å². The molecule has 0 spiro atoms. The maximum atomic E-state index is 12.0. The second kappa shape index (κ2) is 9.02. The maximum absolute atomic E-state index is 12.0. The molecule has 2 rings (SSSR count). The Morgan fingerprint density at radius 1 is 1.17 bits per heavy atom. The molecule has 1 heterocycles. The van der Waals surface area contributed by atoms with Gasteiger partial charge in [-0.2, -0.15) is 0 Å². The molecule has 6 nitrogen and oxygen atoms in total. The van der Waals surface area contributed by atoms with Gasteiger partial charge in [0, 0.05) is 24.9 Å². The number of thiazole rings is 1. The second-order valence-corrected chi connectivity index (χ2v) is 6.13. The zero-order chi connectivity index (χ0) is 17.4. The number of amides is 2. The summed E-state index contributed by atoms with van der Waals surface area (Å²) in [4.78, 5) is 27.3. The number of ether oxygens (including phenoxy) is 1. The van der Waals surface area contributed by atoms with Crippen molar-refractivity contribution >= 4 is 23.2 Å². The molecule has 2 N–H and O–H groups in total. The molecule has 0 aliphatic rings. The lowest BCUT2D eigenvalue weighted by atomic mass is 10.2. The molecular formula is C17H21N3O3S. The van der Waals surface area contributed by atoms with Gasteiger partial charge in [-0.25, -0.2) is 4.98 Å². The number of benzene rings is 1. The number of hydrogen-bond donors (Lipinski definition) is 2. The molecule has 128 valence electrons. The Kier molecular flexibility index (Phi) is 6.74. The average Bonchev–Trinajstić information content (AvgIpc) is 3.07. The van der Waals surface area contributed by atoms with Gasteiger partial charge in [-0.15, -0.1) is 11.3 Å². The van der Waals surface area contributed by atoms with E-state index in [4.69, 9.17) is 4.74 Å². The summed E-state index contributed by atoms with van der Waals surface area (Å²) < 4.78 is 5.65. The third-order valence-electron chi connectivity index (χ3n) is 3.22. The molecule has 2 amide bonds. The Labute approximate surface area is 145 Å². The molecule has 2 aromatic rings. The normalized spacial score (nSPS) is 10.2. The summed E-state index contributed by atoms with van der Waals surface area (Å²) in [6.45, 7) is 4.91. The minimum atomic E-state index is -0.251. The van der Waals surface area contributed by atoms with Crippen LogP contribution in [-0.2, 0) is 11.4 Å². The Bertz CT molecular complexity index is 683. The minimum Gasteiger partial charge on any atom is -0.486 e. The molecule has 0 aliphatic heterocycles. The molecule has 7 heteroatoms. The lowest BCUT2D eigenvalue weighted by molar-refractivity contribution is -0.120. The summed E-state index contributed by atoms with van der Waals surface area (Å²) in [5, 5.41) is 7.86. The van der Waals surface area contributed by atoms with Crippen LogP contribution in [0.1, 0.15) is 34.4 Å². The highest BCUT2D eigenvalue weighted by atomic mass is 32.1. The highest BCUT2D eigenvalue weighted by Gasteiger charge is 2.10. The first-order valence-electron chi connectivity index (χ1n) is 7.77. The van der Waals surface area contributed by atoms with Gasteiger partial charge >= 0.3 is 0 Å². The van der Waals surface area contributed by atoms with E-state index in [9.17, 15) is 9.59 Å². The van der Waals surface area contributed by atoms with Gasteiger partial charge in [0.25, 0.3) is 5.91 Å². The SMILES string of the molecule is CCC(=O)NCCNC(=O)c1csc(COc2ccc(C)cc2)n1. The predicted octanol–water partition coefficient (Wildman–Crippen LogP) is 2.29. The fraction of sp³-hybridized carbons (Fsp3) is 0.353. The van der Waals surface area contributed by atoms with E-state index in [1.807, 2.05) is 31.2 Å². The van der Waals surface area contributed by atoms with Crippen LogP contribution in [-0.4, -0.2) is 29.9 Å². The van der Waals surface area contributed by atoms with Crippen LogP contribution in [0, 0.1) is 6.92 Å². The summed E-state index contributed by atoms with van der Waals surface area (Å²) in [5.74, 6) is 0.487. The van der Waals surface area contributed by atoms with Gasteiger partial charge in [-0.05, 0) is 19.1 Å². The number of nitrogens with zero attached hydrogens (tertiary/aromatic N) is 1. The van der Waals surface area contributed by atoms with E-state index < -0.39 is 0 Å². The van der Waals surface area contributed by atoms with Crippen LogP contribution in [0.3, 0.4) is 0 Å². The molecule has 0 unspecified atom stereocenters. The van der Waals surface area contributed by atoms with Crippen molar-refractivity contribution in [1.82, 2.24) is 15.6 Å². The molecule has 0 atom stereocenters. The molecule has 0 fully saturated rings. The number of aromatic nitrogens is 1. The van der Waals surface area contributed by atoms with Crippen LogP contribution >= 0.6 is 11.3 Å². The standard InChI is InChI=1S/C17H21N3O3S/c1-3-15(21)18-8-9-19-17(22)14-11-24-16(20-14)10-23-13-6-4-12(2)5-7-13/h4-7,11H,3,8-10H2,1-2H3,(H,18,21)(H,19,22). The van der Waals surface area contributed by atoms with Gasteiger partial charge in [0.1, 0.15) is 23.1 Å². The number of carbonyl (C=O) groups is 2. The number of aryl methyl sites for hydroxylation is 1. The van der Waals surface area contributed by atoms with Gasteiger partial charge < -0.3 is 15.4 Å². The topological polar surface area (TPSA) is 80.3 Å². The number of hydrogen-bond acceptors (Lipinski definition) is 5. The van der Waals surface area contributed by atoms with Gasteiger partial charge in [-0.3, -0.25) is 9.59 Å². The summed E-state index contributed by atoms with van der Waals surface area (Å²) in [6.07, 6.45) is 0.435. The fourth-order valence-electron chi connectivity index (χ4n) is 1.85. The third kappa shape index (κ3) is 5.66. The summed E-state index contributed by atoms with van der Waals surface area (Å²) in [5.41, 5.74) is 1.54. The molecule has 0 saturated heterocycles. The van der Waals surface area contributed by atoms with Crippen LogP contribution in [0.2, 0.25) is 0 Å². The maximum Gasteiger partial charge on any atom is 0.270 e. The third-order valence-corrected chi connectivity index (χ3v) is 4.04. The Morgan fingerprint density at radius 2 is 1.88 bits per heavy atom. The number of rotatable bonds is 8. The van der Waals surface area contributed by atoms with Crippen LogP contribution in [0.4, 0.5) is 0 Å². The Balaban J connectivity index is 1.76. The highest BCUT2D eigenvalue weighted by Crippen LogP contribution is 2.16. The van der Waals surface area contributed by atoms with E-state index >= 15 is 0 Å². The Morgan fingerprint density at radius 3 is 2.58 bits per heavy atom. The van der Waals surface area contributed by atoms with Crippen molar-refractivity contribution in [2.45, 2.75) is 26.9 Å². The first-order valence-corrected chi connectivity index (χ1v) is 8.65. The monoisotopic (exact) mass is 347 g/mol. The van der Waals surface area contributed by atoms with E-state index in [-0.39, 0.29) is 11.8 Å². The van der Waals surface area contributed by atoms with Gasteiger partial charge in [0.15, 0.2) is 0 Å². The average molecular weight is 347 g/mol. The molecule has 0 saturated carbocycles. The lowest BCUT2D eigenvalue weighted by Crippen LogP contribution is -2.34.